The van der Waals surface area contributed by atoms with Crippen molar-refractivity contribution in [2.24, 2.45) is 0 Å². The summed E-state index contributed by atoms with van der Waals surface area (Å²) < 4.78 is 6.37. The Kier molecular flexibility index (Phi) is 4.97. The zero-order valence-corrected chi connectivity index (χ0v) is 12.5. The topological polar surface area (TPSA) is 37.4 Å². The van der Waals surface area contributed by atoms with Crippen LogP contribution in [0.3, 0.4) is 0 Å². The van der Waals surface area contributed by atoms with Gasteiger partial charge in [-0.3, -0.25) is 4.90 Å². The highest BCUT2D eigenvalue weighted by atomic mass is 79.9. The second kappa shape index (κ2) is 6.50. The smallest absolute Gasteiger partial charge is 0.129 e. The van der Waals surface area contributed by atoms with Crippen molar-refractivity contribution >= 4 is 21.7 Å². The minimum atomic E-state index is 0.385. The molecular formula is C13H20BrN3O. The first-order valence-corrected chi connectivity index (χ1v) is 7.13. The Morgan fingerprint density at radius 1 is 1.50 bits per heavy atom. The van der Waals surface area contributed by atoms with Gasteiger partial charge < -0.3 is 10.1 Å². The van der Waals surface area contributed by atoms with Gasteiger partial charge in [0.15, 0.2) is 0 Å². The molecule has 100 valence electrons. The molecule has 0 aliphatic carbocycles. The van der Waals surface area contributed by atoms with Gasteiger partial charge in [0, 0.05) is 36.3 Å². The Hall–Kier alpha value is -0.650. The predicted octanol–water partition coefficient (Wildman–Crippen LogP) is 2.29. The number of pyridine rings is 1. The summed E-state index contributed by atoms with van der Waals surface area (Å²) in [4.78, 5) is 6.84. The summed E-state index contributed by atoms with van der Waals surface area (Å²) in [5, 5.41) is 3.47. The molecule has 2 heterocycles. The molecule has 2 rings (SSSR count). The first-order valence-electron chi connectivity index (χ1n) is 6.34. The Morgan fingerprint density at radius 3 is 2.89 bits per heavy atom. The third kappa shape index (κ3) is 3.93. The van der Waals surface area contributed by atoms with E-state index in [4.69, 9.17) is 4.74 Å². The number of rotatable bonds is 4. The molecule has 1 N–H and O–H groups in total. The summed E-state index contributed by atoms with van der Waals surface area (Å²) in [6, 6.07) is 2.46. The van der Waals surface area contributed by atoms with Crippen LogP contribution in [0.1, 0.15) is 12.5 Å². The number of halogens is 1. The number of anilines is 1. The van der Waals surface area contributed by atoms with Gasteiger partial charge in [0.1, 0.15) is 5.82 Å². The van der Waals surface area contributed by atoms with Gasteiger partial charge in [0.2, 0.25) is 0 Å². The predicted molar refractivity (Wildman–Crippen MR) is 77.0 cm³/mol. The monoisotopic (exact) mass is 313 g/mol. The molecule has 4 nitrogen and oxygen atoms in total. The summed E-state index contributed by atoms with van der Waals surface area (Å²) in [5.41, 5.74) is 1.17. The van der Waals surface area contributed by atoms with Gasteiger partial charge in [-0.25, -0.2) is 4.98 Å². The highest BCUT2D eigenvalue weighted by Crippen LogP contribution is 2.17. The third-order valence-corrected chi connectivity index (χ3v) is 3.50. The molecule has 1 fully saturated rings. The summed E-state index contributed by atoms with van der Waals surface area (Å²) in [7, 11) is 0. The van der Waals surface area contributed by atoms with Crippen molar-refractivity contribution in [3.8, 4) is 0 Å². The lowest BCUT2D eigenvalue weighted by molar-refractivity contribution is 0.0368. The highest BCUT2D eigenvalue weighted by molar-refractivity contribution is 9.10. The molecule has 0 saturated carbocycles. The van der Waals surface area contributed by atoms with E-state index in [9.17, 15) is 0 Å². The van der Waals surface area contributed by atoms with E-state index < -0.39 is 0 Å². The standard InChI is InChI=1S/C13H20BrN3O/c1-10-7-12(14)8-15-13(10)16-11(2)9-17-3-5-18-6-4-17/h7-8,11H,3-6,9H2,1-2H3,(H,15,16). The van der Waals surface area contributed by atoms with Crippen LogP contribution in [0.5, 0.6) is 0 Å². The summed E-state index contributed by atoms with van der Waals surface area (Å²) in [5.74, 6) is 0.971. The van der Waals surface area contributed by atoms with Crippen LogP contribution in [-0.2, 0) is 4.74 Å². The molecule has 1 aromatic rings. The number of hydrogen-bond acceptors (Lipinski definition) is 4. The fraction of sp³-hybridized carbons (Fsp3) is 0.615. The number of hydrogen-bond donors (Lipinski definition) is 1. The fourth-order valence-corrected chi connectivity index (χ4v) is 2.59. The van der Waals surface area contributed by atoms with Crippen LogP contribution < -0.4 is 5.32 Å². The minimum absolute atomic E-state index is 0.385. The molecule has 1 aliphatic heterocycles. The Balaban J connectivity index is 1.87. The molecule has 18 heavy (non-hydrogen) atoms. The van der Waals surface area contributed by atoms with Gasteiger partial charge in [0.25, 0.3) is 0 Å². The second-order valence-corrected chi connectivity index (χ2v) is 5.69. The van der Waals surface area contributed by atoms with E-state index in [-0.39, 0.29) is 0 Å². The lowest BCUT2D eigenvalue weighted by atomic mass is 10.2. The van der Waals surface area contributed by atoms with Gasteiger partial charge >= 0.3 is 0 Å². The number of ether oxygens (including phenoxy) is 1. The maximum absolute atomic E-state index is 5.35. The number of aryl methyl sites for hydroxylation is 1. The van der Waals surface area contributed by atoms with E-state index in [1.807, 2.05) is 6.20 Å². The number of nitrogens with one attached hydrogen (secondary N) is 1. The van der Waals surface area contributed by atoms with Gasteiger partial charge in [-0.1, -0.05) is 0 Å². The molecule has 1 unspecified atom stereocenters. The molecule has 0 radical (unpaired) electrons. The number of morpholine rings is 1. The van der Waals surface area contributed by atoms with Crippen molar-refractivity contribution in [2.75, 3.05) is 38.2 Å². The molecule has 0 bridgehead atoms. The quantitative estimate of drug-likeness (QED) is 0.925. The minimum Gasteiger partial charge on any atom is -0.379 e. The summed E-state index contributed by atoms with van der Waals surface area (Å²) in [6.07, 6.45) is 1.83. The van der Waals surface area contributed by atoms with Crippen molar-refractivity contribution in [1.29, 1.82) is 0 Å². The number of aromatic nitrogens is 1. The van der Waals surface area contributed by atoms with Crippen LogP contribution in [0, 0.1) is 6.92 Å². The lowest BCUT2D eigenvalue weighted by Gasteiger charge is -2.29. The van der Waals surface area contributed by atoms with Crippen LogP contribution in [0.25, 0.3) is 0 Å². The molecule has 0 spiro atoms. The first-order chi connectivity index (χ1) is 8.65. The zero-order chi connectivity index (χ0) is 13.0. The van der Waals surface area contributed by atoms with E-state index in [0.29, 0.717) is 6.04 Å². The van der Waals surface area contributed by atoms with E-state index in [2.05, 4.69) is 51.0 Å². The van der Waals surface area contributed by atoms with Gasteiger partial charge in [-0.2, -0.15) is 0 Å². The molecule has 0 amide bonds. The maximum atomic E-state index is 5.35. The second-order valence-electron chi connectivity index (χ2n) is 4.78. The van der Waals surface area contributed by atoms with Gasteiger partial charge in [0.05, 0.1) is 13.2 Å². The maximum Gasteiger partial charge on any atom is 0.129 e. The largest absolute Gasteiger partial charge is 0.379 e. The zero-order valence-electron chi connectivity index (χ0n) is 10.9. The van der Waals surface area contributed by atoms with Gasteiger partial charge in [-0.05, 0) is 41.4 Å². The Morgan fingerprint density at radius 2 is 2.22 bits per heavy atom. The van der Waals surface area contributed by atoms with Crippen molar-refractivity contribution in [2.45, 2.75) is 19.9 Å². The molecule has 1 saturated heterocycles. The van der Waals surface area contributed by atoms with E-state index in [1.54, 1.807) is 0 Å². The number of nitrogens with zero attached hydrogens (tertiary/aromatic N) is 2. The van der Waals surface area contributed by atoms with Crippen LogP contribution in [-0.4, -0.2) is 48.8 Å². The molecule has 1 aliphatic rings. The molecule has 5 heteroatoms. The van der Waals surface area contributed by atoms with Crippen LogP contribution >= 0.6 is 15.9 Å². The van der Waals surface area contributed by atoms with Crippen molar-refractivity contribution in [3.63, 3.8) is 0 Å². The molecule has 1 aromatic heterocycles. The Bertz CT molecular complexity index is 394. The fourth-order valence-electron chi connectivity index (χ4n) is 2.14. The van der Waals surface area contributed by atoms with Crippen molar-refractivity contribution in [1.82, 2.24) is 9.88 Å². The van der Waals surface area contributed by atoms with Crippen molar-refractivity contribution < 1.29 is 4.74 Å². The highest BCUT2D eigenvalue weighted by Gasteiger charge is 2.14. The molecule has 1 atom stereocenters. The van der Waals surface area contributed by atoms with Crippen LogP contribution in [0.2, 0.25) is 0 Å². The normalized spacial score (nSPS) is 18.6. The average molecular weight is 314 g/mol. The third-order valence-electron chi connectivity index (χ3n) is 3.06. The molecular weight excluding hydrogens is 294 g/mol. The summed E-state index contributed by atoms with van der Waals surface area (Å²) in [6.45, 7) is 9.04. The summed E-state index contributed by atoms with van der Waals surface area (Å²) >= 11 is 3.43. The van der Waals surface area contributed by atoms with Crippen LogP contribution in [0.15, 0.2) is 16.7 Å². The lowest BCUT2D eigenvalue weighted by Crippen LogP contribution is -2.42. The van der Waals surface area contributed by atoms with E-state index in [0.717, 1.165) is 43.1 Å². The van der Waals surface area contributed by atoms with Crippen LogP contribution in [0.4, 0.5) is 5.82 Å². The average Bonchev–Trinajstić information content (AvgIpc) is 2.34. The first kappa shape index (κ1) is 13.8. The Labute approximate surface area is 117 Å². The van der Waals surface area contributed by atoms with E-state index in [1.165, 1.54) is 5.56 Å². The SMILES string of the molecule is Cc1cc(Br)cnc1NC(C)CN1CCOCC1. The van der Waals surface area contributed by atoms with Gasteiger partial charge in [-0.15, -0.1) is 0 Å². The molecule has 0 aromatic carbocycles. The van der Waals surface area contributed by atoms with Crippen molar-refractivity contribution in [3.05, 3.63) is 22.3 Å². The van der Waals surface area contributed by atoms with E-state index >= 15 is 0 Å².